The van der Waals surface area contributed by atoms with Crippen molar-refractivity contribution in [3.63, 3.8) is 0 Å². The van der Waals surface area contributed by atoms with Gasteiger partial charge in [-0.3, -0.25) is 0 Å². The predicted octanol–water partition coefficient (Wildman–Crippen LogP) is 2.72. The van der Waals surface area contributed by atoms with Crippen LogP contribution in [0, 0.1) is 5.92 Å². The van der Waals surface area contributed by atoms with Crippen LogP contribution in [0.15, 0.2) is 23.1 Å². The molecule has 0 amide bonds. The van der Waals surface area contributed by atoms with Crippen molar-refractivity contribution >= 4 is 21.6 Å². The molecule has 0 aromatic heterocycles. The second-order valence-electron chi connectivity index (χ2n) is 5.40. The van der Waals surface area contributed by atoms with Gasteiger partial charge < -0.3 is 5.73 Å². The summed E-state index contributed by atoms with van der Waals surface area (Å²) in [5, 5.41) is -0.166. The molecule has 1 aromatic carbocycles. The van der Waals surface area contributed by atoms with E-state index < -0.39 is 32.7 Å². The molecule has 0 aliphatic carbocycles. The first kappa shape index (κ1) is 17.5. The van der Waals surface area contributed by atoms with Crippen molar-refractivity contribution in [3.05, 3.63) is 28.8 Å². The van der Waals surface area contributed by atoms with E-state index >= 15 is 0 Å². The van der Waals surface area contributed by atoms with E-state index in [1.165, 1.54) is 0 Å². The summed E-state index contributed by atoms with van der Waals surface area (Å²) in [6, 6.07) is 2.29. The fourth-order valence-electron chi connectivity index (χ4n) is 2.69. The molecule has 1 saturated heterocycles. The summed E-state index contributed by atoms with van der Waals surface area (Å²) < 4.78 is 65.7. The fraction of sp³-hybridized carbons (Fsp3) is 0.538. The van der Waals surface area contributed by atoms with Gasteiger partial charge in [-0.15, -0.1) is 0 Å². The zero-order chi connectivity index (χ0) is 16.7. The highest BCUT2D eigenvalue weighted by Crippen LogP contribution is 2.38. The van der Waals surface area contributed by atoms with E-state index in [2.05, 4.69) is 0 Å². The van der Waals surface area contributed by atoms with Gasteiger partial charge in [-0.2, -0.15) is 17.5 Å². The first-order valence-electron chi connectivity index (χ1n) is 6.66. The Labute approximate surface area is 132 Å². The molecule has 4 nitrogen and oxygen atoms in total. The number of nitrogens with two attached hydrogens (primary N) is 1. The van der Waals surface area contributed by atoms with Gasteiger partial charge in [-0.05, 0) is 44.0 Å². The Hall–Kier alpha value is -0.830. The van der Waals surface area contributed by atoms with Gasteiger partial charge >= 0.3 is 6.18 Å². The highest BCUT2D eigenvalue weighted by atomic mass is 35.5. The van der Waals surface area contributed by atoms with Crippen LogP contribution in [-0.4, -0.2) is 31.9 Å². The Morgan fingerprint density at radius 2 is 2.05 bits per heavy atom. The van der Waals surface area contributed by atoms with Crippen molar-refractivity contribution in [1.29, 1.82) is 0 Å². The van der Waals surface area contributed by atoms with Crippen LogP contribution in [0.3, 0.4) is 0 Å². The highest BCUT2D eigenvalue weighted by molar-refractivity contribution is 7.89. The number of nitrogens with zero attached hydrogens (tertiary/aromatic N) is 1. The average molecular weight is 357 g/mol. The van der Waals surface area contributed by atoms with Gasteiger partial charge in [0.2, 0.25) is 10.0 Å². The molecular formula is C13H16ClF3N2O2S. The summed E-state index contributed by atoms with van der Waals surface area (Å²) in [5.74, 6) is -0.0496. The second kappa shape index (κ2) is 5.99. The Bertz CT molecular complexity index is 664. The first-order valence-corrected chi connectivity index (χ1v) is 8.48. The van der Waals surface area contributed by atoms with E-state index in [4.69, 9.17) is 17.3 Å². The summed E-state index contributed by atoms with van der Waals surface area (Å²) in [4.78, 5) is -0.770. The normalized spacial score (nSPS) is 23.9. The van der Waals surface area contributed by atoms with Gasteiger partial charge in [0, 0.05) is 17.6 Å². The third-order valence-corrected chi connectivity index (χ3v) is 6.04. The lowest BCUT2D eigenvalue weighted by atomic mass is 10.1. The molecule has 22 heavy (non-hydrogen) atoms. The Balaban J connectivity index is 2.51. The number of rotatable bonds is 3. The van der Waals surface area contributed by atoms with Crippen molar-refractivity contribution in [2.24, 2.45) is 11.7 Å². The van der Waals surface area contributed by atoms with Gasteiger partial charge in [0.1, 0.15) is 0 Å². The molecule has 2 N–H and O–H groups in total. The SMILES string of the molecule is CC1CC(CN)CN1S(=O)(=O)c1ccc(Cl)cc1C(F)(F)F. The molecule has 1 heterocycles. The molecule has 0 spiro atoms. The first-order chi connectivity index (χ1) is 10.1. The minimum absolute atomic E-state index is 0.0496. The van der Waals surface area contributed by atoms with Crippen molar-refractivity contribution < 1.29 is 21.6 Å². The van der Waals surface area contributed by atoms with E-state index in [0.29, 0.717) is 19.0 Å². The maximum Gasteiger partial charge on any atom is 0.417 e. The Morgan fingerprint density at radius 1 is 1.41 bits per heavy atom. The van der Waals surface area contributed by atoms with Crippen LogP contribution in [0.5, 0.6) is 0 Å². The Kier molecular flexibility index (Phi) is 4.77. The molecule has 2 rings (SSSR count). The lowest BCUT2D eigenvalue weighted by molar-refractivity contribution is -0.139. The molecule has 2 atom stereocenters. The monoisotopic (exact) mass is 356 g/mol. The maximum atomic E-state index is 13.1. The topological polar surface area (TPSA) is 63.4 Å². The molecule has 124 valence electrons. The number of benzene rings is 1. The summed E-state index contributed by atoms with van der Waals surface area (Å²) >= 11 is 5.58. The van der Waals surface area contributed by atoms with Gasteiger partial charge in [0.05, 0.1) is 10.5 Å². The maximum absolute atomic E-state index is 13.1. The van der Waals surface area contributed by atoms with Crippen LogP contribution >= 0.6 is 11.6 Å². The third kappa shape index (κ3) is 3.24. The summed E-state index contributed by atoms with van der Waals surface area (Å²) in [6.45, 7) is 2.08. The van der Waals surface area contributed by atoms with Crippen LogP contribution in [0.1, 0.15) is 18.9 Å². The molecule has 1 aliphatic heterocycles. The molecule has 0 bridgehead atoms. The number of alkyl halides is 3. The largest absolute Gasteiger partial charge is 0.417 e. The lowest BCUT2D eigenvalue weighted by Gasteiger charge is -2.23. The smallest absolute Gasteiger partial charge is 0.330 e. The van der Waals surface area contributed by atoms with E-state index in [9.17, 15) is 21.6 Å². The number of sulfonamides is 1. The number of halogens is 4. The van der Waals surface area contributed by atoms with E-state index in [-0.39, 0.29) is 17.5 Å². The zero-order valence-corrected chi connectivity index (χ0v) is 13.3. The summed E-state index contributed by atoms with van der Waals surface area (Å²) in [5.41, 5.74) is 4.29. The van der Waals surface area contributed by atoms with E-state index in [1.807, 2.05) is 0 Å². The Morgan fingerprint density at radius 3 is 2.55 bits per heavy atom. The fourth-order valence-corrected chi connectivity index (χ4v) is 4.77. The molecule has 1 aliphatic rings. The van der Waals surface area contributed by atoms with Crippen molar-refractivity contribution in [2.75, 3.05) is 13.1 Å². The third-order valence-electron chi connectivity index (χ3n) is 3.77. The predicted molar refractivity (Wildman–Crippen MR) is 77.0 cm³/mol. The molecule has 2 unspecified atom stereocenters. The van der Waals surface area contributed by atoms with Gasteiger partial charge in [-0.25, -0.2) is 8.42 Å². The molecule has 0 radical (unpaired) electrons. The van der Waals surface area contributed by atoms with Crippen molar-refractivity contribution in [2.45, 2.75) is 30.5 Å². The summed E-state index contributed by atoms with van der Waals surface area (Å²) in [6.07, 6.45) is -4.27. The van der Waals surface area contributed by atoms with Crippen LogP contribution in [0.4, 0.5) is 13.2 Å². The van der Waals surface area contributed by atoms with Crippen molar-refractivity contribution in [3.8, 4) is 0 Å². The second-order valence-corrected chi connectivity index (χ2v) is 7.69. The molecule has 1 aromatic rings. The summed E-state index contributed by atoms with van der Waals surface area (Å²) in [7, 11) is -4.26. The average Bonchev–Trinajstić information content (AvgIpc) is 2.79. The molecule has 0 saturated carbocycles. The molecule has 1 fully saturated rings. The quantitative estimate of drug-likeness (QED) is 0.905. The van der Waals surface area contributed by atoms with E-state index in [1.54, 1.807) is 6.92 Å². The highest BCUT2D eigenvalue weighted by Gasteiger charge is 2.43. The van der Waals surface area contributed by atoms with Gasteiger partial charge in [0.25, 0.3) is 0 Å². The minimum atomic E-state index is -4.80. The van der Waals surface area contributed by atoms with E-state index in [0.717, 1.165) is 16.4 Å². The van der Waals surface area contributed by atoms with Crippen LogP contribution < -0.4 is 5.73 Å². The zero-order valence-electron chi connectivity index (χ0n) is 11.8. The lowest BCUT2D eigenvalue weighted by Crippen LogP contribution is -2.35. The van der Waals surface area contributed by atoms with Gasteiger partial charge in [0.15, 0.2) is 0 Å². The van der Waals surface area contributed by atoms with Crippen LogP contribution in [-0.2, 0) is 16.2 Å². The minimum Gasteiger partial charge on any atom is -0.330 e. The molecular weight excluding hydrogens is 341 g/mol. The number of hydrogen-bond donors (Lipinski definition) is 1. The standard InChI is InChI=1S/C13H16ClF3N2O2S/c1-8-4-9(6-18)7-19(8)22(20,21)12-3-2-10(14)5-11(12)13(15,16)17/h2-3,5,8-9H,4,6-7,18H2,1H3. The number of hydrogen-bond acceptors (Lipinski definition) is 3. The van der Waals surface area contributed by atoms with Crippen molar-refractivity contribution in [1.82, 2.24) is 4.31 Å². The van der Waals surface area contributed by atoms with Gasteiger partial charge in [-0.1, -0.05) is 11.6 Å². The van der Waals surface area contributed by atoms with Crippen LogP contribution in [0.2, 0.25) is 5.02 Å². The molecule has 9 heteroatoms. The van der Waals surface area contributed by atoms with Crippen LogP contribution in [0.25, 0.3) is 0 Å².